The molecule has 2 bridgehead atoms. The van der Waals surface area contributed by atoms with Gasteiger partial charge < -0.3 is 10.0 Å². The summed E-state index contributed by atoms with van der Waals surface area (Å²) in [6, 6.07) is 8.18. The van der Waals surface area contributed by atoms with E-state index in [2.05, 4.69) is 0 Å². The number of benzene rings is 1. The highest BCUT2D eigenvalue weighted by Crippen LogP contribution is 2.64. The number of amides is 1. The molecule has 0 radical (unpaired) electrons. The topological polar surface area (TPSA) is 40.5 Å². The van der Waals surface area contributed by atoms with Gasteiger partial charge in [0.15, 0.2) is 0 Å². The molecule has 6 atom stereocenters. The van der Waals surface area contributed by atoms with Crippen LogP contribution < -0.4 is 4.90 Å². The molecule has 4 aliphatic rings. The fourth-order valence-electron chi connectivity index (χ4n) is 5.23. The van der Waals surface area contributed by atoms with Crippen LogP contribution in [-0.4, -0.2) is 17.1 Å². The first-order valence-corrected chi connectivity index (χ1v) is 6.87. The Kier molecular flexibility index (Phi) is 1.49. The van der Waals surface area contributed by atoms with E-state index in [0.29, 0.717) is 17.7 Å². The van der Waals surface area contributed by atoms with Gasteiger partial charge in [-0.3, -0.25) is 4.79 Å². The number of carbonyl (C=O) groups excluding carboxylic acids is 1. The molecule has 1 aromatic rings. The Morgan fingerprint density at radius 1 is 1.22 bits per heavy atom. The van der Waals surface area contributed by atoms with Crippen LogP contribution in [0.3, 0.4) is 0 Å². The molecule has 0 aromatic heterocycles. The minimum Gasteiger partial charge on any atom is -0.388 e. The number of nitrogens with zero attached hydrogens (tertiary/aromatic N) is 1. The smallest absolute Gasteiger partial charge is 0.230 e. The Balaban J connectivity index is 1.80. The highest BCUT2D eigenvalue weighted by Gasteiger charge is 2.66. The standard InChI is InChI=1S/C15H15NO2/c17-14-8-3-1-2-4-11(8)16-13-9-5-7(12(13)14)6-10(9)15(16)18/h1-4,7,9-10,12-14,17H,5-6H2/t7-,9+,10-,12+,13-,14-/m0/s1. The van der Waals surface area contributed by atoms with Gasteiger partial charge >= 0.3 is 0 Å². The summed E-state index contributed by atoms with van der Waals surface area (Å²) in [6.07, 6.45) is 1.78. The summed E-state index contributed by atoms with van der Waals surface area (Å²) in [7, 11) is 0. The van der Waals surface area contributed by atoms with E-state index in [1.165, 1.54) is 0 Å². The van der Waals surface area contributed by atoms with Crippen molar-refractivity contribution in [3.05, 3.63) is 29.8 Å². The molecule has 18 heavy (non-hydrogen) atoms. The van der Waals surface area contributed by atoms with E-state index < -0.39 is 0 Å². The van der Waals surface area contributed by atoms with Crippen molar-refractivity contribution in [2.45, 2.75) is 25.0 Å². The van der Waals surface area contributed by atoms with Gasteiger partial charge in [-0.25, -0.2) is 0 Å². The molecule has 3 nitrogen and oxygen atoms in total. The summed E-state index contributed by atoms with van der Waals surface area (Å²) in [5, 5.41) is 10.6. The maximum absolute atomic E-state index is 12.5. The van der Waals surface area contributed by atoms with Crippen LogP contribution in [-0.2, 0) is 4.79 Å². The van der Waals surface area contributed by atoms with Gasteiger partial charge in [0, 0.05) is 29.1 Å². The zero-order valence-electron chi connectivity index (χ0n) is 9.99. The first-order valence-electron chi connectivity index (χ1n) is 6.87. The van der Waals surface area contributed by atoms with E-state index in [0.717, 1.165) is 24.1 Å². The number of carbonyl (C=O) groups is 1. The van der Waals surface area contributed by atoms with Gasteiger partial charge in [0.2, 0.25) is 5.91 Å². The molecule has 0 spiro atoms. The van der Waals surface area contributed by atoms with Gasteiger partial charge in [-0.15, -0.1) is 0 Å². The molecule has 3 heteroatoms. The molecule has 2 saturated carbocycles. The number of para-hydroxylation sites is 1. The summed E-state index contributed by atoms with van der Waals surface area (Å²) >= 11 is 0. The third kappa shape index (κ3) is 0.821. The summed E-state index contributed by atoms with van der Waals surface area (Å²) in [6.45, 7) is 0. The summed E-state index contributed by atoms with van der Waals surface area (Å²) in [5.74, 6) is 1.91. The second-order valence-corrected chi connectivity index (χ2v) is 6.28. The summed E-state index contributed by atoms with van der Waals surface area (Å²) < 4.78 is 0. The summed E-state index contributed by atoms with van der Waals surface area (Å²) in [4.78, 5) is 14.6. The predicted octanol–water partition coefficient (Wildman–Crippen LogP) is 1.72. The SMILES string of the molecule is O=C1[C@H]2C[C@@H]3C[C@H]2[C@H]2[C@@H]3[C@@H](O)c3ccccc3N12. The third-order valence-electron chi connectivity index (χ3n) is 5.76. The first kappa shape index (κ1) is 9.56. The van der Waals surface area contributed by atoms with Crippen LogP contribution in [0.5, 0.6) is 0 Å². The maximum Gasteiger partial charge on any atom is 0.230 e. The number of rotatable bonds is 0. The Morgan fingerprint density at radius 2 is 2.06 bits per heavy atom. The van der Waals surface area contributed by atoms with Crippen molar-refractivity contribution >= 4 is 11.6 Å². The second-order valence-electron chi connectivity index (χ2n) is 6.28. The van der Waals surface area contributed by atoms with Crippen molar-refractivity contribution in [1.82, 2.24) is 0 Å². The van der Waals surface area contributed by atoms with Gasteiger partial charge in [-0.1, -0.05) is 18.2 Å². The molecule has 1 amide bonds. The number of hydrogen-bond acceptors (Lipinski definition) is 2. The molecule has 2 aliphatic heterocycles. The number of fused-ring (bicyclic) bond motifs is 4. The van der Waals surface area contributed by atoms with Gasteiger partial charge in [0.05, 0.1) is 6.10 Å². The molecule has 0 unspecified atom stereocenters. The molecule has 1 saturated heterocycles. The van der Waals surface area contributed by atoms with Crippen molar-refractivity contribution in [3.63, 3.8) is 0 Å². The van der Waals surface area contributed by atoms with Crippen LogP contribution in [0, 0.1) is 23.7 Å². The molecule has 2 heterocycles. The monoisotopic (exact) mass is 241 g/mol. The van der Waals surface area contributed by atoms with Crippen molar-refractivity contribution in [1.29, 1.82) is 0 Å². The van der Waals surface area contributed by atoms with Gasteiger partial charge in [-0.05, 0) is 30.7 Å². The van der Waals surface area contributed by atoms with E-state index in [1.54, 1.807) is 0 Å². The Hall–Kier alpha value is -1.35. The van der Waals surface area contributed by atoms with E-state index in [4.69, 9.17) is 0 Å². The molecule has 1 aromatic carbocycles. The van der Waals surface area contributed by atoms with E-state index >= 15 is 0 Å². The lowest BCUT2D eigenvalue weighted by molar-refractivity contribution is -0.120. The minimum absolute atomic E-state index is 0.245. The Bertz CT molecular complexity index is 569. The molecular formula is C15H15NO2. The van der Waals surface area contributed by atoms with Gasteiger partial charge in [-0.2, -0.15) is 0 Å². The molecule has 5 rings (SSSR count). The second kappa shape index (κ2) is 2.80. The zero-order valence-corrected chi connectivity index (χ0v) is 9.99. The first-order chi connectivity index (χ1) is 8.77. The highest BCUT2D eigenvalue weighted by molar-refractivity contribution is 6.00. The Labute approximate surface area is 105 Å². The van der Waals surface area contributed by atoms with Crippen LogP contribution in [0.4, 0.5) is 5.69 Å². The van der Waals surface area contributed by atoms with Crippen LogP contribution in [0.2, 0.25) is 0 Å². The van der Waals surface area contributed by atoms with Crippen LogP contribution in [0.15, 0.2) is 24.3 Å². The molecular weight excluding hydrogens is 226 g/mol. The molecule has 1 N–H and O–H groups in total. The lowest BCUT2D eigenvalue weighted by Gasteiger charge is -2.41. The van der Waals surface area contributed by atoms with Gasteiger partial charge in [0.25, 0.3) is 0 Å². The molecule has 2 aliphatic carbocycles. The predicted molar refractivity (Wildman–Crippen MR) is 65.9 cm³/mol. The quantitative estimate of drug-likeness (QED) is 0.751. The lowest BCUT2D eigenvalue weighted by atomic mass is 9.75. The van der Waals surface area contributed by atoms with Crippen LogP contribution >= 0.6 is 0 Å². The number of anilines is 1. The average molecular weight is 241 g/mol. The summed E-state index contributed by atoms with van der Waals surface area (Å²) in [5.41, 5.74) is 1.92. The number of aliphatic hydroxyl groups excluding tert-OH is 1. The number of aliphatic hydroxyl groups is 1. The minimum atomic E-state index is -0.371. The fourth-order valence-corrected chi connectivity index (χ4v) is 5.23. The molecule has 3 fully saturated rings. The van der Waals surface area contributed by atoms with E-state index in [1.807, 2.05) is 29.2 Å². The Morgan fingerprint density at radius 3 is 2.94 bits per heavy atom. The van der Waals surface area contributed by atoms with Crippen molar-refractivity contribution < 1.29 is 9.90 Å². The molecule has 92 valence electrons. The van der Waals surface area contributed by atoms with Crippen molar-refractivity contribution in [2.75, 3.05) is 4.90 Å². The van der Waals surface area contributed by atoms with Gasteiger partial charge in [0.1, 0.15) is 0 Å². The zero-order chi connectivity index (χ0) is 12.0. The normalized spacial score (nSPS) is 46.7. The van der Waals surface area contributed by atoms with Crippen molar-refractivity contribution in [3.8, 4) is 0 Å². The van der Waals surface area contributed by atoms with E-state index in [9.17, 15) is 9.90 Å². The van der Waals surface area contributed by atoms with Crippen LogP contribution in [0.1, 0.15) is 24.5 Å². The van der Waals surface area contributed by atoms with E-state index in [-0.39, 0.29) is 24.0 Å². The third-order valence-corrected chi connectivity index (χ3v) is 5.76. The van der Waals surface area contributed by atoms with Crippen molar-refractivity contribution in [2.24, 2.45) is 23.7 Å². The number of hydrogen-bond donors (Lipinski definition) is 1. The maximum atomic E-state index is 12.5. The lowest BCUT2D eigenvalue weighted by Crippen LogP contribution is -2.45. The average Bonchev–Trinajstić information content (AvgIpc) is 3.01. The largest absolute Gasteiger partial charge is 0.388 e. The van der Waals surface area contributed by atoms with Crippen LogP contribution in [0.25, 0.3) is 0 Å². The fraction of sp³-hybridized carbons (Fsp3) is 0.533. The highest BCUT2D eigenvalue weighted by atomic mass is 16.3.